The number of nitrogen functional groups attached to an aromatic ring is 2. The van der Waals surface area contributed by atoms with Gasteiger partial charge in [-0.1, -0.05) is 0 Å². The van der Waals surface area contributed by atoms with Crippen molar-refractivity contribution in [1.82, 2.24) is 19.9 Å². The molecule has 0 aliphatic rings. The lowest BCUT2D eigenvalue weighted by molar-refractivity contribution is -0.140. The summed E-state index contributed by atoms with van der Waals surface area (Å²) in [7, 11) is 0. The summed E-state index contributed by atoms with van der Waals surface area (Å²) in [5.41, 5.74) is 8.97. The summed E-state index contributed by atoms with van der Waals surface area (Å²) >= 11 is 0. The van der Waals surface area contributed by atoms with Gasteiger partial charge in [-0.25, -0.2) is 19.9 Å². The Morgan fingerprint density at radius 2 is 1.78 bits per heavy atom. The maximum absolute atomic E-state index is 12.8. The molecular formula is C9H7F3N6. The second kappa shape index (κ2) is 4.09. The van der Waals surface area contributed by atoms with E-state index in [1.807, 2.05) is 0 Å². The highest BCUT2D eigenvalue weighted by molar-refractivity contribution is 5.59. The van der Waals surface area contributed by atoms with Crippen LogP contribution in [0, 0.1) is 0 Å². The van der Waals surface area contributed by atoms with Gasteiger partial charge in [0.2, 0.25) is 5.95 Å². The van der Waals surface area contributed by atoms with E-state index in [9.17, 15) is 13.2 Å². The highest BCUT2D eigenvalue weighted by Gasteiger charge is 2.37. The number of halogens is 3. The van der Waals surface area contributed by atoms with Crippen LogP contribution < -0.4 is 11.5 Å². The van der Waals surface area contributed by atoms with Crippen molar-refractivity contribution >= 4 is 11.8 Å². The second-order valence-electron chi connectivity index (χ2n) is 3.29. The Kier molecular flexibility index (Phi) is 2.73. The van der Waals surface area contributed by atoms with E-state index < -0.39 is 17.8 Å². The Hall–Kier alpha value is -2.45. The highest BCUT2D eigenvalue weighted by Crippen LogP contribution is 2.34. The fraction of sp³-hybridized carbons (Fsp3) is 0.111. The van der Waals surface area contributed by atoms with Crippen LogP contribution in [0.1, 0.15) is 5.69 Å². The van der Waals surface area contributed by atoms with Crippen molar-refractivity contribution < 1.29 is 13.2 Å². The summed E-state index contributed by atoms with van der Waals surface area (Å²) in [5, 5.41) is 0. The van der Waals surface area contributed by atoms with Crippen LogP contribution in [0.2, 0.25) is 0 Å². The summed E-state index contributed by atoms with van der Waals surface area (Å²) in [5.74, 6) is -0.637. The molecule has 0 aromatic carbocycles. The van der Waals surface area contributed by atoms with Gasteiger partial charge in [0.05, 0.1) is 5.56 Å². The predicted molar refractivity (Wildman–Crippen MR) is 56.9 cm³/mol. The Bertz CT molecular complexity index is 583. The topological polar surface area (TPSA) is 104 Å². The van der Waals surface area contributed by atoms with E-state index in [2.05, 4.69) is 19.9 Å². The number of nitrogens with zero attached hydrogens (tertiary/aromatic N) is 4. The van der Waals surface area contributed by atoms with Crippen molar-refractivity contribution in [3.8, 4) is 11.4 Å². The molecule has 0 saturated heterocycles. The lowest BCUT2D eigenvalue weighted by Crippen LogP contribution is -2.13. The van der Waals surface area contributed by atoms with Crippen LogP contribution in [-0.4, -0.2) is 19.9 Å². The fourth-order valence-corrected chi connectivity index (χ4v) is 1.28. The molecule has 0 radical (unpaired) electrons. The number of hydrogen-bond donors (Lipinski definition) is 2. The van der Waals surface area contributed by atoms with Crippen LogP contribution in [0.5, 0.6) is 0 Å². The van der Waals surface area contributed by atoms with Crippen molar-refractivity contribution in [3.05, 3.63) is 24.2 Å². The molecule has 0 fully saturated rings. The van der Waals surface area contributed by atoms with Crippen LogP contribution in [0.3, 0.4) is 0 Å². The zero-order chi connectivity index (χ0) is 13.3. The largest absolute Gasteiger partial charge is 0.434 e. The van der Waals surface area contributed by atoms with Crippen molar-refractivity contribution in [2.45, 2.75) is 6.18 Å². The van der Waals surface area contributed by atoms with Gasteiger partial charge in [0.25, 0.3) is 0 Å². The smallest absolute Gasteiger partial charge is 0.384 e. The molecule has 2 aromatic heterocycles. The first-order valence-corrected chi connectivity index (χ1v) is 4.66. The molecule has 2 aromatic rings. The van der Waals surface area contributed by atoms with Crippen molar-refractivity contribution in [1.29, 1.82) is 0 Å². The molecule has 0 spiro atoms. The Morgan fingerprint density at radius 1 is 1.06 bits per heavy atom. The molecule has 94 valence electrons. The number of aromatic nitrogens is 4. The van der Waals surface area contributed by atoms with E-state index in [1.165, 1.54) is 12.3 Å². The normalized spacial score (nSPS) is 11.5. The number of anilines is 2. The average molecular weight is 256 g/mol. The first kappa shape index (κ1) is 12.0. The molecule has 0 bridgehead atoms. The molecule has 2 heterocycles. The zero-order valence-electron chi connectivity index (χ0n) is 8.81. The summed E-state index contributed by atoms with van der Waals surface area (Å²) < 4.78 is 38.3. The Labute approximate surface area is 98.9 Å². The molecule has 0 atom stereocenters. The van der Waals surface area contributed by atoms with Gasteiger partial charge < -0.3 is 11.5 Å². The molecule has 0 saturated carbocycles. The first-order valence-electron chi connectivity index (χ1n) is 4.66. The number of hydrogen-bond acceptors (Lipinski definition) is 6. The fourth-order valence-electron chi connectivity index (χ4n) is 1.28. The van der Waals surface area contributed by atoms with Gasteiger partial charge in [-0.3, -0.25) is 0 Å². The quantitative estimate of drug-likeness (QED) is 0.792. The maximum atomic E-state index is 12.8. The third-order valence-corrected chi connectivity index (χ3v) is 1.99. The minimum Gasteiger partial charge on any atom is -0.384 e. The highest BCUT2D eigenvalue weighted by atomic mass is 19.4. The average Bonchev–Trinajstić information content (AvgIpc) is 2.27. The standard InChI is InChI=1S/C9H7F3N6/c10-9(11,12)6-4(3-16-8(14)18-6)7-15-2-1-5(13)17-7/h1-3H,(H2,13,15,17)(H2,14,16,18). The third kappa shape index (κ3) is 2.29. The van der Waals surface area contributed by atoms with E-state index in [1.54, 1.807) is 0 Å². The SMILES string of the molecule is Nc1ccnc(-c2cnc(N)nc2C(F)(F)F)n1. The van der Waals surface area contributed by atoms with E-state index in [-0.39, 0.29) is 17.2 Å². The second-order valence-corrected chi connectivity index (χ2v) is 3.29. The van der Waals surface area contributed by atoms with Crippen LogP contribution in [0.4, 0.5) is 24.9 Å². The van der Waals surface area contributed by atoms with Gasteiger partial charge in [-0.05, 0) is 6.07 Å². The van der Waals surface area contributed by atoms with Gasteiger partial charge >= 0.3 is 6.18 Å². The lowest BCUT2D eigenvalue weighted by atomic mass is 10.2. The van der Waals surface area contributed by atoms with Gasteiger partial charge in [-0.2, -0.15) is 13.2 Å². The molecule has 2 rings (SSSR count). The van der Waals surface area contributed by atoms with Crippen molar-refractivity contribution in [3.63, 3.8) is 0 Å². The summed E-state index contributed by atoms with van der Waals surface area (Å²) in [6, 6.07) is 1.36. The van der Waals surface area contributed by atoms with Gasteiger partial charge in [-0.15, -0.1) is 0 Å². The molecule has 0 amide bonds. The van der Waals surface area contributed by atoms with Gasteiger partial charge in [0.15, 0.2) is 11.5 Å². The zero-order valence-corrected chi connectivity index (χ0v) is 8.81. The van der Waals surface area contributed by atoms with Crippen LogP contribution in [0.25, 0.3) is 11.4 Å². The molecule has 0 unspecified atom stereocenters. The van der Waals surface area contributed by atoms with Crippen molar-refractivity contribution in [2.24, 2.45) is 0 Å². The van der Waals surface area contributed by atoms with Crippen LogP contribution in [-0.2, 0) is 6.18 Å². The van der Waals surface area contributed by atoms with Gasteiger partial charge in [0, 0.05) is 12.4 Å². The molecule has 0 aliphatic heterocycles. The summed E-state index contributed by atoms with van der Waals surface area (Å²) in [6.07, 6.45) is -2.52. The monoisotopic (exact) mass is 256 g/mol. The molecule has 9 heteroatoms. The Balaban J connectivity index is 2.64. The molecule has 6 nitrogen and oxygen atoms in total. The first-order chi connectivity index (χ1) is 8.38. The predicted octanol–water partition coefficient (Wildman–Crippen LogP) is 1.12. The molecule has 18 heavy (non-hydrogen) atoms. The minimum atomic E-state index is -4.68. The van der Waals surface area contributed by atoms with E-state index in [0.29, 0.717) is 0 Å². The molecule has 4 N–H and O–H groups in total. The van der Waals surface area contributed by atoms with E-state index in [0.717, 1.165) is 6.20 Å². The minimum absolute atomic E-state index is 0.0462. The number of alkyl halides is 3. The van der Waals surface area contributed by atoms with E-state index >= 15 is 0 Å². The summed E-state index contributed by atoms with van der Waals surface area (Å²) in [6.45, 7) is 0. The van der Waals surface area contributed by atoms with Gasteiger partial charge in [0.1, 0.15) is 5.82 Å². The number of rotatable bonds is 1. The third-order valence-electron chi connectivity index (χ3n) is 1.99. The molecule has 0 aliphatic carbocycles. The lowest BCUT2D eigenvalue weighted by Gasteiger charge is -2.10. The molecular weight excluding hydrogens is 249 g/mol. The number of nitrogens with two attached hydrogens (primary N) is 2. The van der Waals surface area contributed by atoms with Crippen LogP contribution in [0.15, 0.2) is 18.5 Å². The maximum Gasteiger partial charge on any atom is 0.434 e. The summed E-state index contributed by atoms with van der Waals surface area (Å²) in [4.78, 5) is 14.1. The van der Waals surface area contributed by atoms with Crippen molar-refractivity contribution in [2.75, 3.05) is 11.5 Å². The van der Waals surface area contributed by atoms with Crippen LogP contribution >= 0.6 is 0 Å². The van der Waals surface area contributed by atoms with E-state index in [4.69, 9.17) is 11.5 Å². The Morgan fingerprint density at radius 3 is 2.39 bits per heavy atom.